The number of rotatable bonds is 5. The summed E-state index contributed by atoms with van der Waals surface area (Å²) in [5.41, 5.74) is 3.19. The summed E-state index contributed by atoms with van der Waals surface area (Å²) in [5, 5.41) is -0.0142. The van der Waals surface area contributed by atoms with Gasteiger partial charge in [-0.2, -0.15) is 0 Å². The van der Waals surface area contributed by atoms with E-state index >= 15 is 0 Å². The van der Waals surface area contributed by atoms with Crippen LogP contribution in [-0.4, -0.2) is 29.4 Å². The number of sulfonamides is 1. The van der Waals surface area contributed by atoms with Gasteiger partial charge in [0.05, 0.1) is 15.8 Å². The second kappa shape index (κ2) is 5.28. The number of amides is 1. The fourth-order valence-corrected chi connectivity index (χ4v) is 3.86. The van der Waals surface area contributed by atoms with E-state index in [1.54, 1.807) is 6.92 Å². The third-order valence-electron chi connectivity index (χ3n) is 3.96. The highest BCUT2D eigenvalue weighted by Crippen LogP contribution is 2.36. The minimum Gasteiger partial charge on any atom is -0.368 e. The van der Waals surface area contributed by atoms with E-state index in [1.165, 1.54) is 18.2 Å². The molecule has 0 spiro atoms. The molecule has 0 bridgehead atoms. The maximum absolute atomic E-state index is 12.4. The number of primary amides is 1. The second-order valence-electron chi connectivity index (χ2n) is 6.16. The molecule has 9 nitrogen and oxygen atoms in total. The van der Waals surface area contributed by atoms with Gasteiger partial charge in [0, 0.05) is 5.54 Å². The van der Waals surface area contributed by atoms with Gasteiger partial charge in [-0.3, -0.25) is 14.2 Å². The van der Waals surface area contributed by atoms with Crippen molar-refractivity contribution in [2.75, 3.05) is 0 Å². The third kappa shape index (κ3) is 2.97. The Morgan fingerprint density at radius 3 is 2.62 bits per heavy atom. The molecule has 1 aromatic carbocycles. The molecule has 2 aromatic rings. The Kier molecular flexibility index (Phi) is 3.61. The molecule has 0 atom stereocenters. The van der Waals surface area contributed by atoms with Gasteiger partial charge in [0.15, 0.2) is 0 Å². The lowest BCUT2D eigenvalue weighted by molar-refractivity contribution is -0.118. The van der Waals surface area contributed by atoms with E-state index in [2.05, 4.69) is 9.71 Å². The zero-order valence-electron chi connectivity index (χ0n) is 12.8. The lowest BCUT2D eigenvalue weighted by atomic mass is 10.2. The number of aromatic amines is 1. The summed E-state index contributed by atoms with van der Waals surface area (Å²) in [6.07, 6.45) is 1.50. The SMILES string of the molecule is CC1(NS(=O)(=O)c2ccc3[nH]c(=O)n(CC(N)=O)c(=O)c3c2)CC1. The summed E-state index contributed by atoms with van der Waals surface area (Å²) >= 11 is 0. The highest BCUT2D eigenvalue weighted by atomic mass is 32.2. The van der Waals surface area contributed by atoms with E-state index in [0.29, 0.717) is 4.57 Å². The van der Waals surface area contributed by atoms with Crippen LogP contribution in [0.25, 0.3) is 10.9 Å². The Balaban J connectivity index is 2.15. The number of nitrogens with one attached hydrogen (secondary N) is 2. The maximum atomic E-state index is 12.4. The number of aromatic nitrogens is 2. The molecule has 1 aromatic heterocycles. The summed E-state index contributed by atoms with van der Waals surface area (Å²) in [7, 11) is -3.79. The molecule has 10 heteroatoms. The zero-order chi connectivity index (χ0) is 17.7. The molecule has 0 unspecified atom stereocenters. The first-order chi connectivity index (χ1) is 11.1. The van der Waals surface area contributed by atoms with Gasteiger partial charge in [-0.05, 0) is 38.0 Å². The molecule has 0 aliphatic heterocycles. The Bertz CT molecular complexity index is 1060. The topological polar surface area (TPSA) is 144 Å². The first-order valence-electron chi connectivity index (χ1n) is 7.20. The van der Waals surface area contributed by atoms with Crippen LogP contribution in [-0.2, 0) is 21.4 Å². The molecule has 4 N–H and O–H groups in total. The predicted octanol–water partition coefficient (Wildman–Crippen LogP) is -0.994. The minimum atomic E-state index is -3.79. The first-order valence-corrected chi connectivity index (χ1v) is 8.69. The molecular formula is C14H16N4O5S. The molecule has 1 aliphatic rings. The van der Waals surface area contributed by atoms with Crippen molar-refractivity contribution < 1.29 is 13.2 Å². The summed E-state index contributed by atoms with van der Waals surface area (Å²) in [5.74, 6) is -0.853. The van der Waals surface area contributed by atoms with Crippen LogP contribution in [0.3, 0.4) is 0 Å². The van der Waals surface area contributed by atoms with Gasteiger partial charge >= 0.3 is 5.69 Å². The quantitative estimate of drug-likeness (QED) is 0.632. The molecular weight excluding hydrogens is 336 g/mol. The Hall–Kier alpha value is -2.46. The molecule has 0 saturated heterocycles. The number of fused-ring (bicyclic) bond motifs is 1. The van der Waals surface area contributed by atoms with Crippen molar-refractivity contribution in [1.82, 2.24) is 14.3 Å². The van der Waals surface area contributed by atoms with Gasteiger partial charge in [0.1, 0.15) is 6.54 Å². The van der Waals surface area contributed by atoms with E-state index in [9.17, 15) is 22.8 Å². The molecule has 1 fully saturated rings. The van der Waals surface area contributed by atoms with Crippen molar-refractivity contribution in [2.24, 2.45) is 5.73 Å². The van der Waals surface area contributed by atoms with Crippen molar-refractivity contribution in [1.29, 1.82) is 0 Å². The molecule has 1 heterocycles. The van der Waals surface area contributed by atoms with Crippen molar-refractivity contribution in [2.45, 2.75) is 36.7 Å². The molecule has 128 valence electrons. The lowest BCUT2D eigenvalue weighted by Crippen LogP contribution is -2.39. The summed E-state index contributed by atoms with van der Waals surface area (Å²) in [6.45, 7) is 1.21. The highest BCUT2D eigenvalue weighted by Gasteiger charge is 2.41. The highest BCUT2D eigenvalue weighted by molar-refractivity contribution is 7.89. The van der Waals surface area contributed by atoms with E-state index in [4.69, 9.17) is 5.73 Å². The van der Waals surface area contributed by atoms with Gasteiger partial charge in [-0.15, -0.1) is 0 Å². The molecule has 3 rings (SSSR count). The second-order valence-corrected chi connectivity index (χ2v) is 7.84. The van der Waals surface area contributed by atoms with Crippen LogP contribution in [0.1, 0.15) is 19.8 Å². The number of hydrogen-bond acceptors (Lipinski definition) is 5. The van der Waals surface area contributed by atoms with Gasteiger partial charge < -0.3 is 10.7 Å². The average Bonchev–Trinajstić information content (AvgIpc) is 3.19. The average molecular weight is 352 g/mol. The van der Waals surface area contributed by atoms with Gasteiger partial charge in [0.25, 0.3) is 5.56 Å². The number of H-pyrrole nitrogens is 1. The number of nitrogens with two attached hydrogens (primary N) is 1. The number of nitrogens with zero attached hydrogens (tertiary/aromatic N) is 1. The Labute approximate surface area is 136 Å². The van der Waals surface area contributed by atoms with Crippen LogP contribution in [0.15, 0.2) is 32.7 Å². The van der Waals surface area contributed by atoms with Gasteiger partial charge in [0.2, 0.25) is 15.9 Å². The Morgan fingerprint density at radius 2 is 2.04 bits per heavy atom. The largest absolute Gasteiger partial charge is 0.368 e. The summed E-state index contributed by atoms with van der Waals surface area (Å²) < 4.78 is 28.0. The van der Waals surface area contributed by atoms with E-state index in [-0.39, 0.29) is 15.8 Å². The van der Waals surface area contributed by atoms with Crippen molar-refractivity contribution >= 4 is 26.8 Å². The lowest BCUT2D eigenvalue weighted by Gasteiger charge is -2.12. The summed E-state index contributed by atoms with van der Waals surface area (Å²) in [6, 6.07) is 3.83. The number of carbonyl (C=O) groups is 1. The van der Waals surface area contributed by atoms with Gasteiger partial charge in [-0.25, -0.2) is 17.9 Å². The molecule has 0 radical (unpaired) electrons. The normalized spacial score (nSPS) is 16.2. The first kappa shape index (κ1) is 16.4. The van der Waals surface area contributed by atoms with E-state index in [0.717, 1.165) is 12.8 Å². The molecule has 1 saturated carbocycles. The molecule has 1 amide bonds. The minimum absolute atomic E-state index is 0.0142. The zero-order valence-corrected chi connectivity index (χ0v) is 13.6. The van der Waals surface area contributed by atoms with Crippen molar-refractivity contribution in [3.63, 3.8) is 0 Å². The third-order valence-corrected chi connectivity index (χ3v) is 5.59. The summed E-state index contributed by atoms with van der Waals surface area (Å²) in [4.78, 5) is 37.6. The van der Waals surface area contributed by atoms with E-state index in [1.807, 2.05) is 0 Å². The molecule has 24 heavy (non-hydrogen) atoms. The van der Waals surface area contributed by atoms with Crippen molar-refractivity contribution in [3.05, 3.63) is 39.0 Å². The van der Waals surface area contributed by atoms with Crippen LogP contribution in [0, 0.1) is 0 Å². The van der Waals surface area contributed by atoms with Crippen molar-refractivity contribution in [3.8, 4) is 0 Å². The number of carbonyl (C=O) groups excluding carboxylic acids is 1. The fraction of sp³-hybridized carbons (Fsp3) is 0.357. The van der Waals surface area contributed by atoms with Crippen LogP contribution < -0.4 is 21.7 Å². The fourth-order valence-electron chi connectivity index (χ4n) is 2.37. The predicted molar refractivity (Wildman–Crippen MR) is 86.0 cm³/mol. The number of hydrogen-bond donors (Lipinski definition) is 3. The van der Waals surface area contributed by atoms with Crippen LogP contribution >= 0.6 is 0 Å². The number of benzene rings is 1. The van der Waals surface area contributed by atoms with Crippen LogP contribution in [0.2, 0.25) is 0 Å². The maximum Gasteiger partial charge on any atom is 0.329 e. The Morgan fingerprint density at radius 1 is 1.38 bits per heavy atom. The van der Waals surface area contributed by atoms with Crippen LogP contribution in [0.4, 0.5) is 0 Å². The van der Waals surface area contributed by atoms with E-state index < -0.39 is 39.3 Å². The van der Waals surface area contributed by atoms with Gasteiger partial charge in [-0.1, -0.05) is 0 Å². The molecule has 1 aliphatic carbocycles. The van der Waals surface area contributed by atoms with Crippen LogP contribution in [0.5, 0.6) is 0 Å². The monoisotopic (exact) mass is 352 g/mol. The standard InChI is InChI=1S/C14H16N4O5S/c1-14(4-5-14)17-24(22,23)8-2-3-10-9(6-8)12(20)18(7-11(15)19)13(21)16-10/h2-3,6,17H,4-5,7H2,1H3,(H2,15,19)(H,16,21). The smallest absolute Gasteiger partial charge is 0.329 e.